The van der Waals surface area contributed by atoms with E-state index in [0.717, 1.165) is 22.4 Å². The van der Waals surface area contributed by atoms with Crippen molar-refractivity contribution in [3.63, 3.8) is 0 Å². The van der Waals surface area contributed by atoms with Crippen molar-refractivity contribution in [3.8, 4) is 0 Å². The molecule has 0 saturated heterocycles. The van der Waals surface area contributed by atoms with Crippen molar-refractivity contribution in [2.75, 3.05) is 30.9 Å². The first kappa shape index (κ1) is 26.2. The van der Waals surface area contributed by atoms with E-state index in [1.165, 1.54) is 6.08 Å². The van der Waals surface area contributed by atoms with Crippen LogP contribution in [0.2, 0.25) is 0 Å². The largest absolute Gasteiger partial charge is 0.330 e. The summed E-state index contributed by atoms with van der Waals surface area (Å²) >= 11 is 0. The monoisotopic (exact) mass is 527 g/mol. The van der Waals surface area contributed by atoms with Crippen LogP contribution in [0.4, 0.5) is 16.3 Å². The van der Waals surface area contributed by atoms with Crippen molar-refractivity contribution >= 4 is 29.4 Å². The Morgan fingerprint density at radius 2 is 1.92 bits per heavy atom. The average molecular weight is 528 g/mol. The number of amides is 4. The Balaban J connectivity index is 1.37. The van der Waals surface area contributed by atoms with Crippen LogP contribution in [0, 0.1) is 0 Å². The molecule has 10 heteroatoms. The molecule has 2 aliphatic heterocycles. The van der Waals surface area contributed by atoms with Crippen LogP contribution in [-0.2, 0) is 23.4 Å². The Labute approximate surface area is 227 Å². The molecule has 5 rings (SSSR count). The van der Waals surface area contributed by atoms with Gasteiger partial charge in [-0.1, -0.05) is 36.9 Å². The van der Waals surface area contributed by atoms with Gasteiger partial charge in [-0.15, -0.1) is 0 Å². The summed E-state index contributed by atoms with van der Waals surface area (Å²) in [4.78, 5) is 44.2. The second kappa shape index (κ2) is 10.0. The summed E-state index contributed by atoms with van der Waals surface area (Å²) in [6, 6.07) is 14.7. The number of benzene rings is 2. The molecule has 1 atom stereocenters. The zero-order chi connectivity index (χ0) is 27.9. The predicted octanol–water partition coefficient (Wildman–Crippen LogP) is 3.76. The highest BCUT2D eigenvalue weighted by Gasteiger charge is 2.46. The van der Waals surface area contributed by atoms with Gasteiger partial charge < -0.3 is 20.4 Å². The minimum atomic E-state index is -0.665. The van der Waals surface area contributed by atoms with Gasteiger partial charge in [-0.25, -0.2) is 4.79 Å². The first-order valence-corrected chi connectivity index (χ1v) is 12.8. The van der Waals surface area contributed by atoms with E-state index in [-0.39, 0.29) is 23.9 Å². The number of H-pyrrole nitrogens is 1. The molecule has 0 radical (unpaired) electrons. The Morgan fingerprint density at radius 3 is 2.62 bits per heavy atom. The lowest BCUT2D eigenvalue weighted by atomic mass is 10.0. The zero-order valence-electron chi connectivity index (χ0n) is 22.6. The van der Waals surface area contributed by atoms with Crippen molar-refractivity contribution in [1.29, 1.82) is 0 Å². The standard InChI is InChI=1S/C29H33N7O3/c1-6-24(37)30-20-12-13-21-19(14-20)15-35(27(21)38)26-22-16-36(29(2,3)25(22)32-33-26)28(39)31-23(17-34(4)5)18-10-8-7-9-11-18/h6-14,23H,1,15-17H2,2-5H3,(H,30,37)(H,31,39)(H,32,33)/t23-/m1/s1. The van der Waals surface area contributed by atoms with E-state index in [2.05, 4.69) is 27.4 Å². The fourth-order valence-corrected chi connectivity index (χ4v) is 5.33. The zero-order valence-corrected chi connectivity index (χ0v) is 22.6. The van der Waals surface area contributed by atoms with Gasteiger partial charge in [-0.05, 0) is 63.3 Å². The third-order valence-corrected chi connectivity index (χ3v) is 7.36. The smallest absolute Gasteiger partial charge is 0.319 e. The summed E-state index contributed by atoms with van der Waals surface area (Å²) < 4.78 is 0. The summed E-state index contributed by atoms with van der Waals surface area (Å²) in [7, 11) is 3.96. The first-order valence-electron chi connectivity index (χ1n) is 12.8. The highest BCUT2D eigenvalue weighted by atomic mass is 16.2. The van der Waals surface area contributed by atoms with Crippen LogP contribution >= 0.6 is 0 Å². The van der Waals surface area contributed by atoms with E-state index in [9.17, 15) is 14.4 Å². The molecule has 202 valence electrons. The summed E-state index contributed by atoms with van der Waals surface area (Å²) in [6.07, 6.45) is 1.20. The minimum absolute atomic E-state index is 0.170. The summed E-state index contributed by atoms with van der Waals surface area (Å²) in [5.41, 5.74) is 3.93. The number of hydrogen-bond acceptors (Lipinski definition) is 5. The van der Waals surface area contributed by atoms with Crippen LogP contribution in [0.5, 0.6) is 0 Å². The number of aromatic amines is 1. The maximum atomic E-state index is 13.7. The van der Waals surface area contributed by atoms with Crippen LogP contribution in [0.3, 0.4) is 0 Å². The Bertz CT molecular complexity index is 1440. The Hall–Kier alpha value is -4.44. The van der Waals surface area contributed by atoms with Crippen molar-refractivity contribution in [1.82, 2.24) is 25.3 Å². The number of anilines is 2. The topological polar surface area (TPSA) is 114 Å². The highest BCUT2D eigenvalue weighted by molar-refractivity contribution is 6.10. The number of nitrogens with zero attached hydrogens (tertiary/aromatic N) is 4. The number of nitrogens with one attached hydrogen (secondary N) is 3. The van der Waals surface area contributed by atoms with Crippen molar-refractivity contribution < 1.29 is 14.4 Å². The SMILES string of the molecule is C=CC(=O)Nc1ccc2c(c1)CN(c1n[nH]c3c1CN(C(=O)N[C@H](CN(C)C)c1ccccc1)C3(C)C)C2=O. The van der Waals surface area contributed by atoms with Crippen LogP contribution in [0.25, 0.3) is 0 Å². The number of fused-ring (bicyclic) bond motifs is 2. The van der Waals surface area contributed by atoms with Crippen molar-refractivity contribution in [2.45, 2.75) is 38.5 Å². The van der Waals surface area contributed by atoms with E-state index in [1.807, 2.05) is 63.2 Å². The first-order chi connectivity index (χ1) is 18.6. The lowest BCUT2D eigenvalue weighted by Gasteiger charge is -2.34. The molecule has 3 N–H and O–H groups in total. The maximum absolute atomic E-state index is 13.7. The Kier molecular flexibility index (Phi) is 6.73. The van der Waals surface area contributed by atoms with Crippen LogP contribution in [0.1, 0.15) is 52.6 Å². The van der Waals surface area contributed by atoms with Gasteiger partial charge in [0.15, 0.2) is 5.82 Å². The molecule has 0 spiro atoms. The summed E-state index contributed by atoms with van der Waals surface area (Å²) in [5, 5.41) is 13.6. The van der Waals surface area contributed by atoms with E-state index in [4.69, 9.17) is 0 Å². The van der Waals surface area contributed by atoms with Crippen LogP contribution in [0.15, 0.2) is 61.2 Å². The lowest BCUT2D eigenvalue weighted by Crippen LogP contribution is -2.48. The molecule has 1 aromatic heterocycles. The lowest BCUT2D eigenvalue weighted by molar-refractivity contribution is -0.111. The number of carbonyl (C=O) groups excluding carboxylic acids is 3. The molecule has 2 aliphatic rings. The number of hydrogen-bond donors (Lipinski definition) is 3. The molecule has 4 amide bonds. The fourth-order valence-electron chi connectivity index (χ4n) is 5.33. The molecule has 2 aromatic carbocycles. The molecular weight excluding hydrogens is 494 g/mol. The van der Waals surface area contributed by atoms with Crippen molar-refractivity contribution in [3.05, 3.63) is 89.1 Å². The van der Waals surface area contributed by atoms with Gasteiger partial charge in [0.1, 0.15) is 0 Å². The second-order valence-corrected chi connectivity index (χ2v) is 10.7. The molecule has 3 aromatic rings. The molecular formula is C29H33N7O3. The average Bonchev–Trinajstić information content (AvgIpc) is 3.55. The molecule has 0 fully saturated rings. The number of likely N-dealkylation sites (N-methyl/N-ethyl adjacent to an activating group) is 1. The Morgan fingerprint density at radius 1 is 1.18 bits per heavy atom. The van der Waals surface area contributed by atoms with Crippen LogP contribution in [-0.4, -0.2) is 58.5 Å². The highest BCUT2D eigenvalue weighted by Crippen LogP contribution is 2.43. The summed E-state index contributed by atoms with van der Waals surface area (Å²) in [5.74, 6) is 0.0258. The molecule has 3 heterocycles. The van der Waals surface area contributed by atoms with Gasteiger partial charge >= 0.3 is 6.03 Å². The van der Waals surface area contributed by atoms with Gasteiger partial charge in [-0.2, -0.15) is 5.10 Å². The van der Waals surface area contributed by atoms with Gasteiger partial charge in [0.25, 0.3) is 5.91 Å². The molecule has 39 heavy (non-hydrogen) atoms. The minimum Gasteiger partial charge on any atom is -0.330 e. The molecule has 10 nitrogen and oxygen atoms in total. The summed E-state index contributed by atoms with van der Waals surface area (Å²) in [6.45, 7) is 8.69. The van der Waals surface area contributed by atoms with Gasteiger partial charge in [0.2, 0.25) is 5.91 Å². The maximum Gasteiger partial charge on any atom is 0.319 e. The molecule has 0 saturated carbocycles. The fraction of sp³-hybridized carbons (Fsp3) is 0.310. The van der Waals surface area contributed by atoms with Crippen LogP contribution < -0.4 is 15.5 Å². The molecule has 0 aliphatic carbocycles. The molecule has 0 bridgehead atoms. The van der Waals surface area contributed by atoms with Crippen molar-refractivity contribution in [2.24, 2.45) is 0 Å². The normalized spacial score (nSPS) is 16.2. The molecule has 0 unspecified atom stereocenters. The second-order valence-electron chi connectivity index (χ2n) is 10.7. The number of aromatic nitrogens is 2. The van der Waals surface area contributed by atoms with E-state index in [1.54, 1.807) is 28.0 Å². The van der Waals surface area contributed by atoms with Gasteiger partial charge in [0.05, 0.1) is 30.4 Å². The van der Waals surface area contributed by atoms with Gasteiger partial charge in [0, 0.05) is 23.4 Å². The van der Waals surface area contributed by atoms with Gasteiger partial charge in [-0.3, -0.25) is 19.6 Å². The predicted molar refractivity (Wildman–Crippen MR) is 149 cm³/mol. The van der Waals surface area contributed by atoms with E-state index >= 15 is 0 Å². The number of carbonyl (C=O) groups is 3. The third kappa shape index (κ3) is 4.79. The number of urea groups is 1. The van der Waals surface area contributed by atoms with E-state index in [0.29, 0.717) is 36.7 Å². The van der Waals surface area contributed by atoms with E-state index < -0.39 is 5.54 Å². The quantitative estimate of drug-likeness (QED) is 0.405. The number of rotatable bonds is 7. The third-order valence-electron chi connectivity index (χ3n) is 7.36.